The highest BCUT2D eigenvalue weighted by atomic mass is 19.4. The number of hydrogen-bond donors (Lipinski definition) is 0. The predicted octanol–water partition coefficient (Wildman–Crippen LogP) is 4.34. The van der Waals surface area contributed by atoms with E-state index in [1.807, 2.05) is 25.7 Å². The molecule has 0 radical (unpaired) electrons. The number of alkyl halides is 3. The number of benzene rings is 1. The minimum atomic E-state index is -4.48. The zero-order valence-corrected chi connectivity index (χ0v) is 15.3. The molecule has 4 nitrogen and oxygen atoms in total. The smallest absolute Gasteiger partial charge is 0.342 e. The van der Waals surface area contributed by atoms with Crippen LogP contribution in [0.15, 0.2) is 24.3 Å². The van der Waals surface area contributed by atoms with Gasteiger partial charge in [0, 0.05) is 25.0 Å². The Kier molecular flexibility index (Phi) is 4.75. The molecular weight excluding hydrogens is 343 g/mol. The Morgan fingerprint density at radius 3 is 2.35 bits per heavy atom. The Bertz CT molecular complexity index is 796. The molecule has 142 valence electrons. The van der Waals surface area contributed by atoms with Gasteiger partial charge >= 0.3 is 6.18 Å². The lowest BCUT2D eigenvalue weighted by Gasteiger charge is -2.36. The molecule has 7 heteroatoms. The minimum Gasteiger partial charge on any atom is -0.342 e. The van der Waals surface area contributed by atoms with Crippen molar-refractivity contribution in [3.63, 3.8) is 0 Å². The van der Waals surface area contributed by atoms with Gasteiger partial charge in [-0.3, -0.25) is 4.79 Å². The largest absolute Gasteiger partial charge is 0.449 e. The first kappa shape index (κ1) is 18.7. The number of fused-ring (bicyclic) bond motifs is 1. The molecule has 26 heavy (non-hydrogen) atoms. The molecule has 1 saturated heterocycles. The molecule has 0 bridgehead atoms. The van der Waals surface area contributed by atoms with E-state index in [-0.39, 0.29) is 18.4 Å². The number of rotatable bonds is 2. The Labute approximate surface area is 151 Å². The van der Waals surface area contributed by atoms with Crippen molar-refractivity contribution in [2.45, 2.75) is 46.3 Å². The third-order valence-corrected chi connectivity index (χ3v) is 4.89. The van der Waals surface area contributed by atoms with Gasteiger partial charge in [0.15, 0.2) is 0 Å². The second kappa shape index (κ2) is 6.59. The fourth-order valence-electron chi connectivity index (χ4n) is 3.53. The molecule has 0 unspecified atom stereocenters. The quantitative estimate of drug-likeness (QED) is 0.792. The number of para-hydroxylation sites is 2. The van der Waals surface area contributed by atoms with Crippen LogP contribution in [0, 0.1) is 11.3 Å². The van der Waals surface area contributed by atoms with E-state index in [1.54, 1.807) is 24.3 Å². The Morgan fingerprint density at radius 2 is 1.77 bits per heavy atom. The topological polar surface area (TPSA) is 38.1 Å². The molecule has 1 aromatic heterocycles. The Balaban J connectivity index is 1.78. The van der Waals surface area contributed by atoms with Gasteiger partial charge in [0.2, 0.25) is 11.7 Å². The molecule has 1 fully saturated rings. The number of piperidine rings is 1. The summed E-state index contributed by atoms with van der Waals surface area (Å²) in [5.74, 6) is -0.648. The van der Waals surface area contributed by atoms with Gasteiger partial charge in [-0.1, -0.05) is 32.9 Å². The second-order valence-corrected chi connectivity index (χ2v) is 8.02. The summed E-state index contributed by atoms with van der Waals surface area (Å²) in [7, 11) is 0. The predicted molar refractivity (Wildman–Crippen MR) is 93.5 cm³/mol. The molecular formula is C19H24F3N3O. The maximum atomic E-state index is 13.4. The van der Waals surface area contributed by atoms with E-state index in [0.717, 1.165) is 0 Å². The summed E-state index contributed by atoms with van der Waals surface area (Å²) in [5.41, 5.74) is 0.435. The van der Waals surface area contributed by atoms with Gasteiger partial charge in [0.25, 0.3) is 0 Å². The van der Waals surface area contributed by atoms with Crippen LogP contribution in [0.4, 0.5) is 13.2 Å². The zero-order valence-electron chi connectivity index (χ0n) is 15.3. The highest BCUT2D eigenvalue weighted by Gasteiger charge is 2.38. The molecule has 1 amide bonds. The average Bonchev–Trinajstić information content (AvgIpc) is 2.93. The van der Waals surface area contributed by atoms with Crippen LogP contribution in [-0.4, -0.2) is 33.4 Å². The van der Waals surface area contributed by atoms with E-state index in [1.165, 1.54) is 4.57 Å². The lowest BCUT2D eigenvalue weighted by Crippen LogP contribution is -2.44. The van der Waals surface area contributed by atoms with E-state index in [0.29, 0.717) is 37.0 Å². The molecule has 1 aliphatic rings. The van der Waals surface area contributed by atoms with Crippen LogP contribution in [0.25, 0.3) is 11.0 Å². The van der Waals surface area contributed by atoms with Crippen LogP contribution in [-0.2, 0) is 17.5 Å². The Morgan fingerprint density at radius 1 is 1.15 bits per heavy atom. The second-order valence-electron chi connectivity index (χ2n) is 8.02. The molecule has 0 atom stereocenters. The van der Waals surface area contributed by atoms with Crippen molar-refractivity contribution < 1.29 is 18.0 Å². The SMILES string of the molecule is CC(C)(C)C(=O)N1CCC(Cn2c(C(F)(F)F)nc3ccccc32)CC1. The van der Waals surface area contributed by atoms with Crippen LogP contribution in [0.2, 0.25) is 0 Å². The fraction of sp³-hybridized carbons (Fsp3) is 0.579. The van der Waals surface area contributed by atoms with Gasteiger partial charge in [0.05, 0.1) is 11.0 Å². The number of halogens is 3. The third-order valence-electron chi connectivity index (χ3n) is 4.89. The maximum Gasteiger partial charge on any atom is 0.449 e. The van der Waals surface area contributed by atoms with Crippen molar-refractivity contribution in [2.75, 3.05) is 13.1 Å². The number of carbonyl (C=O) groups is 1. The number of carbonyl (C=O) groups excluding carboxylic acids is 1. The van der Waals surface area contributed by atoms with E-state index in [4.69, 9.17) is 0 Å². The fourth-order valence-corrected chi connectivity index (χ4v) is 3.53. The standard InChI is InChI=1S/C19H24F3N3O/c1-18(2,3)17(26)24-10-8-13(9-11-24)12-25-15-7-5-4-6-14(15)23-16(25)19(20,21)22/h4-7,13H,8-12H2,1-3H3. The molecule has 2 aromatic rings. The summed E-state index contributed by atoms with van der Waals surface area (Å²) in [6.45, 7) is 7.11. The highest BCUT2D eigenvalue weighted by molar-refractivity contribution is 5.81. The van der Waals surface area contributed by atoms with Crippen molar-refractivity contribution in [1.82, 2.24) is 14.5 Å². The van der Waals surface area contributed by atoms with Gasteiger partial charge in [-0.2, -0.15) is 13.2 Å². The molecule has 3 rings (SSSR count). The summed E-state index contributed by atoms with van der Waals surface area (Å²) in [5, 5.41) is 0. The first-order chi connectivity index (χ1) is 12.1. The number of aromatic nitrogens is 2. The molecule has 0 saturated carbocycles. The van der Waals surface area contributed by atoms with Gasteiger partial charge in [-0.25, -0.2) is 4.98 Å². The van der Waals surface area contributed by atoms with Crippen LogP contribution >= 0.6 is 0 Å². The molecule has 0 aliphatic carbocycles. The first-order valence-corrected chi connectivity index (χ1v) is 8.89. The van der Waals surface area contributed by atoms with E-state index in [2.05, 4.69) is 4.98 Å². The molecule has 1 aromatic carbocycles. The lowest BCUT2D eigenvalue weighted by atomic mass is 9.91. The molecule has 2 heterocycles. The van der Waals surface area contributed by atoms with Crippen LogP contribution in [0.1, 0.15) is 39.4 Å². The van der Waals surface area contributed by atoms with Crippen molar-refractivity contribution in [2.24, 2.45) is 11.3 Å². The highest BCUT2D eigenvalue weighted by Crippen LogP contribution is 2.33. The van der Waals surface area contributed by atoms with E-state index < -0.39 is 17.4 Å². The maximum absolute atomic E-state index is 13.4. The number of hydrogen-bond acceptors (Lipinski definition) is 2. The number of nitrogens with zero attached hydrogens (tertiary/aromatic N) is 3. The summed E-state index contributed by atoms with van der Waals surface area (Å²) >= 11 is 0. The lowest BCUT2D eigenvalue weighted by molar-refractivity contribution is -0.147. The van der Waals surface area contributed by atoms with Crippen LogP contribution < -0.4 is 0 Å². The number of imidazole rings is 1. The van der Waals surface area contributed by atoms with Crippen LogP contribution in [0.5, 0.6) is 0 Å². The Hall–Kier alpha value is -2.05. The third kappa shape index (κ3) is 3.71. The zero-order chi connectivity index (χ0) is 19.1. The summed E-state index contributed by atoms with van der Waals surface area (Å²) in [4.78, 5) is 18.0. The monoisotopic (exact) mass is 367 g/mol. The molecule has 0 N–H and O–H groups in total. The summed E-state index contributed by atoms with van der Waals surface area (Å²) in [6.07, 6.45) is -3.08. The number of likely N-dealkylation sites (tertiary alicyclic amines) is 1. The van der Waals surface area contributed by atoms with Crippen molar-refractivity contribution >= 4 is 16.9 Å². The van der Waals surface area contributed by atoms with Crippen molar-refractivity contribution in [1.29, 1.82) is 0 Å². The number of amides is 1. The summed E-state index contributed by atoms with van der Waals surface area (Å²) < 4.78 is 41.5. The van der Waals surface area contributed by atoms with Crippen LogP contribution in [0.3, 0.4) is 0 Å². The average molecular weight is 367 g/mol. The minimum absolute atomic E-state index is 0.0951. The van der Waals surface area contributed by atoms with Gasteiger partial charge in [0.1, 0.15) is 0 Å². The van der Waals surface area contributed by atoms with Gasteiger partial charge in [-0.15, -0.1) is 0 Å². The molecule has 1 aliphatic heterocycles. The van der Waals surface area contributed by atoms with E-state index in [9.17, 15) is 18.0 Å². The summed E-state index contributed by atoms with van der Waals surface area (Å²) in [6, 6.07) is 6.70. The van der Waals surface area contributed by atoms with Crippen molar-refractivity contribution in [3.8, 4) is 0 Å². The first-order valence-electron chi connectivity index (χ1n) is 8.89. The van der Waals surface area contributed by atoms with E-state index >= 15 is 0 Å². The molecule has 0 spiro atoms. The van der Waals surface area contributed by atoms with Gasteiger partial charge in [-0.05, 0) is 30.9 Å². The van der Waals surface area contributed by atoms with Gasteiger partial charge < -0.3 is 9.47 Å². The van der Waals surface area contributed by atoms with Crippen molar-refractivity contribution in [3.05, 3.63) is 30.1 Å². The normalized spacial score (nSPS) is 17.1.